The van der Waals surface area contributed by atoms with E-state index in [1.54, 1.807) is 25.3 Å². The Kier molecular flexibility index (Phi) is 13.6. The molecule has 3 fully saturated rings. The Morgan fingerprint density at radius 3 is 2.59 bits per heavy atom. The highest BCUT2D eigenvalue weighted by Crippen LogP contribution is 2.45. The average Bonchev–Trinajstić information content (AvgIpc) is 3.49. The predicted molar refractivity (Wildman–Crippen MR) is 240 cm³/mol. The maximum atomic E-state index is 14.9. The van der Waals surface area contributed by atoms with Gasteiger partial charge in [-0.05, 0) is 63.5 Å². The van der Waals surface area contributed by atoms with E-state index < -0.39 is 74.9 Å². The van der Waals surface area contributed by atoms with Crippen LogP contribution in [0.1, 0.15) is 86.0 Å². The number of ether oxygens (including phenoxy) is 2. The lowest BCUT2D eigenvalue weighted by Gasteiger charge is -2.35. The highest BCUT2D eigenvalue weighted by atomic mass is 32.2. The summed E-state index contributed by atoms with van der Waals surface area (Å²) in [6.45, 7) is 10.2. The van der Waals surface area contributed by atoms with Crippen LogP contribution in [0.5, 0.6) is 11.5 Å². The Bertz CT molecular complexity index is 2350. The number of fused-ring (bicyclic) bond motifs is 3. The number of allylic oxidation sites excluding steroid dienone is 1. The van der Waals surface area contributed by atoms with E-state index in [2.05, 4.69) is 21.3 Å². The molecule has 3 aliphatic heterocycles. The van der Waals surface area contributed by atoms with Crippen LogP contribution in [0.2, 0.25) is 0 Å². The van der Waals surface area contributed by atoms with Gasteiger partial charge in [0.15, 0.2) is 5.13 Å². The minimum Gasteiger partial charge on any atom is -0.497 e. The Hall–Kier alpha value is -5.01. The quantitative estimate of drug-likeness (QED) is 0.158. The van der Waals surface area contributed by atoms with Crippen molar-refractivity contribution >= 4 is 61.2 Å². The van der Waals surface area contributed by atoms with E-state index in [0.29, 0.717) is 59.6 Å². The third-order valence-electron chi connectivity index (χ3n) is 12.3. The molecule has 0 spiro atoms. The van der Waals surface area contributed by atoms with Crippen LogP contribution >= 0.6 is 11.3 Å². The van der Waals surface area contributed by atoms with Crippen molar-refractivity contribution < 1.29 is 42.2 Å². The van der Waals surface area contributed by atoms with E-state index in [-0.39, 0.29) is 44.1 Å². The first-order valence-electron chi connectivity index (χ1n) is 21.8. The fraction of sp³-hybridized carbons (Fsp3) is 0.591. The number of rotatable bonds is 11. The minimum absolute atomic E-state index is 0.0357. The van der Waals surface area contributed by atoms with Gasteiger partial charge in [0.2, 0.25) is 21.8 Å². The van der Waals surface area contributed by atoms with Crippen LogP contribution in [0.4, 0.5) is 9.93 Å². The first kappa shape index (κ1) is 46.0. The number of carbonyl (C=O) groups excluding carboxylic acids is 3. The predicted octanol–water partition coefficient (Wildman–Crippen LogP) is 5.13. The molecule has 1 saturated carbocycles. The molecule has 4 amide bonds. The molecule has 2 aromatic heterocycles. The molecule has 2 saturated heterocycles. The zero-order valence-corrected chi connectivity index (χ0v) is 38.4. The van der Waals surface area contributed by atoms with Crippen LogP contribution in [-0.2, 0) is 24.4 Å². The second-order valence-electron chi connectivity index (χ2n) is 18.5. The van der Waals surface area contributed by atoms with Crippen molar-refractivity contribution in [1.29, 1.82) is 0 Å². The molecule has 5 N–H and O–H groups in total. The monoisotopic (exact) mass is 908 g/mol. The van der Waals surface area contributed by atoms with E-state index in [1.807, 2.05) is 58.2 Å². The van der Waals surface area contributed by atoms with Crippen molar-refractivity contribution in [2.45, 2.75) is 122 Å². The Morgan fingerprint density at radius 1 is 1.10 bits per heavy atom. The van der Waals surface area contributed by atoms with Gasteiger partial charge in [0.25, 0.3) is 0 Å². The number of carboxylic acid groups (broad SMARTS) is 1. The number of benzene rings is 1. The van der Waals surface area contributed by atoms with Crippen LogP contribution in [0, 0.1) is 11.3 Å². The molecule has 4 aliphatic rings. The molecule has 1 aromatic carbocycles. The fourth-order valence-corrected chi connectivity index (χ4v) is 10.9. The van der Waals surface area contributed by atoms with Crippen LogP contribution in [0.15, 0.2) is 41.8 Å². The van der Waals surface area contributed by atoms with Gasteiger partial charge < -0.3 is 40.7 Å². The zero-order chi connectivity index (χ0) is 45.3. The standard InChI is InChI=1S/C44H60N8O9S2/c1-26(2)45-42-48-34(25-62-42)33-21-36(30-16-15-28(60-6)19-32(30)46-33)61-29-20-35-38(53)50-44(40(55)56)22-27(44)13-10-8-7-9-11-14-31(39(54)52(35)23-29)47-41(57)49-37(43(3,4)5)24-51-17-12-18-63(51,58)59/h10,13,15-16,19,21,25-27,29,31,35,37H,7-9,11-12,14,17-18,20,22-24H2,1-6H3,(H,45,48)(H,50,53)(H,55,56)(H2,47,49,57)/b13-10-/t27?,29-,31+,35+,37-,44-/m1/s1. The van der Waals surface area contributed by atoms with Gasteiger partial charge in [-0.2, -0.15) is 4.31 Å². The van der Waals surface area contributed by atoms with Crippen molar-refractivity contribution in [3.05, 3.63) is 41.8 Å². The average molecular weight is 909 g/mol. The number of hydrogen-bond donors (Lipinski definition) is 5. The molecular formula is C44H60N8O9S2. The molecule has 6 atom stereocenters. The number of nitrogens with zero attached hydrogens (tertiary/aromatic N) is 4. The van der Waals surface area contributed by atoms with Gasteiger partial charge in [0.05, 0.1) is 30.6 Å². The maximum absolute atomic E-state index is 14.9. The van der Waals surface area contributed by atoms with E-state index in [0.717, 1.165) is 18.0 Å². The van der Waals surface area contributed by atoms with Crippen LogP contribution in [0.3, 0.4) is 0 Å². The molecule has 5 heterocycles. The van der Waals surface area contributed by atoms with Gasteiger partial charge >= 0.3 is 12.0 Å². The maximum Gasteiger partial charge on any atom is 0.330 e. The third-order valence-corrected chi connectivity index (χ3v) is 15.0. The van der Waals surface area contributed by atoms with Crippen molar-refractivity contribution in [2.75, 3.05) is 37.8 Å². The number of sulfonamides is 1. The highest BCUT2D eigenvalue weighted by Gasteiger charge is 2.61. The summed E-state index contributed by atoms with van der Waals surface area (Å²) in [5.74, 6) is -1.58. The fourth-order valence-electron chi connectivity index (χ4n) is 8.56. The molecule has 0 bridgehead atoms. The third kappa shape index (κ3) is 10.5. The molecule has 342 valence electrons. The van der Waals surface area contributed by atoms with Gasteiger partial charge in [-0.1, -0.05) is 45.8 Å². The second-order valence-corrected chi connectivity index (χ2v) is 21.4. The van der Waals surface area contributed by atoms with Gasteiger partial charge in [0.1, 0.15) is 40.9 Å². The number of aliphatic carboxylic acids is 1. The Labute approximate surface area is 372 Å². The van der Waals surface area contributed by atoms with Crippen LogP contribution < -0.4 is 30.7 Å². The summed E-state index contributed by atoms with van der Waals surface area (Å²) < 4.78 is 39.1. The van der Waals surface area contributed by atoms with Crippen molar-refractivity contribution in [2.24, 2.45) is 11.3 Å². The smallest absolute Gasteiger partial charge is 0.330 e. The molecule has 1 unspecified atom stereocenters. The normalized spacial score (nSPS) is 26.4. The molecule has 19 heteroatoms. The molecule has 3 aromatic rings. The number of aromatic nitrogens is 2. The Balaban J connectivity index is 1.19. The molecule has 17 nitrogen and oxygen atoms in total. The van der Waals surface area contributed by atoms with Gasteiger partial charge in [-0.15, -0.1) is 11.3 Å². The number of carbonyl (C=O) groups is 4. The van der Waals surface area contributed by atoms with Crippen molar-refractivity contribution in [1.82, 2.24) is 35.1 Å². The summed E-state index contributed by atoms with van der Waals surface area (Å²) in [4.78, 5) is 66.9. The summed E-state index contributed by atoms with van der Waals surface area (Å²) in [5.41, 5.74) is -0.287. The number of anilines is 1. The number of pyridine rings is 1. The molecule has 7 rings (SSSR count). The van der Waals surface area contributed by atoms with E-state index in [1.165, 1.54) is 20.5 Å². The van der Waals surface area contributed by atoms with Gasteiger partial charge in [0, 0.05) is 60.4 Å². The first-order valence-corrected chi connectivity index (χ1v) is 24.3. The largest absolute Gasteiger partial charge is 0.497 e. The molecule has 0 radical (unpaired) electrons. The second kappa shape index (κ2) is 18.6. The molecular weight excluding hydrogens is 849 g/mol. The van der Waals surface area contributed by atoms with Gasteiger partial charge in [-0.3, -0.25) is 9.59 Å². The van der Waals surface area contributed by atoms with Gasteiger partial charge in [-0.25, -0.2) is 28.0 Å². The van der Waals surface area contributed by atoms with E-state index in [4.69, 9.17) is 19.4 Å². The Morgan fingerprint density at radius 2 is 1.89 bits per heavy atom. The highest BCUT2D eigenvalue weighted by molar-refractivity contribution is 7.89. The van der Waals surface area contributed by atoms with Crippen molar-refractivity contribution in [3.8, 4) is 22.9 Å². The lowest BCUT2D eigenvalue weighted by molar-refractivity contribution is -0.145. The number of hydrogen-bond acceptors (Lipinski definition) is 12. The van der Waals surface area contributed by atoms with E-state index in [9.17, 15) is 32.7 Å². The summed E-state index contributed by atoms with van der Waals surface area (Å²) in [5, 5.41) is 25.7. The summed E-state index contributed by atoms with van der Waals surface area (Å²) >= 11 is 1.45. The zero-order valence-electron chi connectivity index (χ0n) is 36.8. The van der Waals surface area contributed by atoms with Crippen molar-refractivity contribution in [3.63, 3.8) is 0 Å². The number of amides is 4. The van der Waals surface area contributed by atoms with E-state index >= 15 is 0 Å². The van der Waals surface area contributed by atoms with Crippen LogP contribution in [-0.4, -0.2) is 125 Å². The summed E-state index contributed by atoms with van der Waals surface area (Å²) in [6.07, 6.45) is 6.94. The molecule has 1 aliphatic carbocycles. The lowest BCUT2D eigenvalue weighted by atomic mass is 9.86. The summed E-state index contributed by atoms with van der Waals surface area (Å²) in [6, 6.07) is 3.97. The number of nitrogens with one attached hydrogen (secondary N) is 4. The number of urea groups is 1. The SMILES string of the molecule is COc1ccc2c(O[C@@H]3C[C@H]4C(=O)N[C@]5(C(=O)O)CC5/C=C\CCCCC[C@H](NC(=O)N[C@H](CN5CCCS5(=O)=O)C(C)(C)C)C(=O)N4C3)cc(-c3csc(NC(C)C)n3)nc2c1. The topological polar surface area (TPSA) is 221 Å². The minimum atomic E-state index is -3.44. The number of carboxylic acids is 1. The van der Waals surface area contributed by atoms with Crippen LogP contribution in [0.25, 0.3) is 22.3 Å². The summed E-state index contributed by atoms with van der Waals surface area (Å²) in [7, 11) is -1.87. The lowest BCUT2D eigenvalue weighted by Crippen LogP contribution is -2.59. The first-order chi connectivity index (χ1) is 29.9. The number of methoxy groups -OCH3 is 1. The number of thiazole rings is 1. The molecule has 63 heavy (non-hydrogen) atoms.